The number of aromatic amines is 1. The fourth-order valence-corrected chi connectivity index (χ4v) is 3.47. The molecule has 0 aliphatic rings. The van der Waals surface area contributed by atoms with E-state index in [2.05, 4.69) is 46.1 Å². The number of carbonyl (C=O) groups is 1. The largest absolute Gasteiger partial charge is 0.342 e. The molecule has 1 amide bonds. The van der Waals surface area contributed by atoms with Crippen molar-refractivity contribution in [2.45, 2.75) is 53.0 Å². The standard InChI is InChI=1S/C22H26N6O/c1-5-6-7-20-26-18-9-8-16(11-19(18)27-20)25-22(29)17-10-15-12-23-28(13(2)3)21(15)24-14(17)4/h8-13H,5-7H2,1-4H3,(H,25,29)(H,26,27). The SMILES string of the molecule is CCCCc1nc2ccc(NC(=O)c3cc4cnn(C(C)C)c4nc3C)cc2[nH]1. The first-order valence-corrected chi connectivity index (χ1v) is 10.1. The van der Waals surface area contributed by atoms with Crippen LogP contribution in [0.2, 0.25) is 0 Å². The molecule has 0 aliphatic heterocycles. The van der Waals surface area contributed by atoms with Crippen LogP contribution in [0.25, 0.3) is 22.1 Å². The highest BCUT2D eigenvalue weighted by Crippen LogP contribution is 2.22. The summed E-state index contributed by atoms with van der Waals surface area (Å²) in [5.74, 6) is 0.803. The number of nitrogens with zero attached hydrogens (tertiary/aromatic N) is 4. The molecule has 2 N–H and O–H groups in total. The number of rotatable bonds is 6. The number of benzene rings is 1. The lowest BCUT2D eigenvalue weighted by Crippen LogP contribution is -2.14. The van der Waals surface area contributed by atoms with Gasteiger partial charge in [0.15, 0.2) is 5.65 Å². The maximum atomic E-state index is 12.9. The summed E-state index contributed by atoms with van der Waals surface area (Å²) in [4.78, 5) is 25.5. The van der Waals surface area contributed by atoms with E-state index in [4.69, 9.17) is 0 Å². The molecule has 7 heteroatoms. The third kappa shape index (κ3) is 3.72. The molecule has 0 fully saturated rings. The molecule has 4 rings (SSSR count). The van der Waals surface area contributed by atoms with Gasteiger partial charge in [-0.2, -0.15) is 5.10 Å². The van der Waals surface area contributed by atoms with Gasteiger partial charge in [0.25, 0.3) is 5.91 Å². The molecule has 0 atom stereocenters. The average molecular weight is 390 g/mol. The molecular weight excluding hydrogens is 364 g/mol. The van der Waals surface area contributed by atoms with E-state index >= 15 is 0 Å². The maximum absolute atomic E-state index is 12.9. The smallest absolute Gasteiger partial charge is 0.257 e. The molecule has 0 saturated heterocycles. The zero-order valence-corrected chi connectivity index (χ0v) is 17.3. The van der Waals surface area contributed by atoms with Crippen LogP contribution >= 0.6 is 0 Å². The second-order valence-corrected chi connectivity index (χ2v) is 7.69. The molecule has 0 aliphatic carbocycles. The number of aryl methyl sites for hydroxylation is 2. The molecule has 3 heterocycles. The summed E-state index contributed by atoms with van der Waals surface area (Å²) in [7, 11) is 0. The summed E-state index contributed by atoms with van der Waals surface area (Å²) in [6.45, 7) is 8.13. The number of hydrogen-bond acceptors (Lipinski definition) is 4. The van der Waals surface area contributed by atoms with Crippen LogP contribution in [0.4, 0.5) is 5.69 Å². The van der Waals surface area contributed by atoms with E-state index in [9.17, 15) is 4.79 Å². The normalized spacial score (nSPS) is 11.6. The highest BCUT2D eigenvalue weighted by Gasteiger charge is 2.16. The van der Waals surface area contributed by atoms with Crippen molar-refractivity contribution in [3.8, 4) is 0 Å². The molecule has 0 saturated carbocycles. The quantitative estimate of drug-likeness (QED) is 0.495. The van der Waals surface area contributed by atoms with Gasteiger partial charge in [-0.05, 0) is 51.5 Å². The van der Waals surface area contributed by atoms with Crippen molar-refractivity contribution in [2.24, 2.45) is 0 Å². The number of H-pyrrole nitrogens is 1. The second-order valence-electron chi connectivity index (χ2n) is 7.69. The number of carbonyl (C=O) groups excluding carboxylic acids is 1. The summed E-state index contributed by atoms with van der Waals surface area (Å²) in [5, 5.41) is 8.23. The van der Waals surface area contributed by atoms with Crippen LogP contribution in [0.1, 0.15) is 61.5 Å². The van der Waals surface area contributed by atoms with Crippen LogP contribution in [0.3, 0.4) is 0 Å². The first kappa shape index (κ1) is 19.1. The number of aromatic nitrogens is 5. The van der Waals surface area contributed by atoms with Gasteiger partial charge in [0, 0.05) is 23.5 Å². The lowest BCUT2D eigenvalue weighted by Gasteiger charge is -2.10. The molecular formula is C22H26N6O. The first-order valence-electron chi connectivity index (χ1n) is 10.1. The van der Waals surface area contributed by atoms with Crippen LogP contribution in [0, 0.1) is 6.92 Å². The Balaban J connectivity index is 1.59. The monoisotopic (exact) mass is 390 g/mol. The number of nitrogens with one attached hydrogen (secondary N) is 2. The van der Waals surface area contributed by atoms with Crippen molar-refractivity contribution >= 4 is 33.7 Å². The van der Waals surface area contributed by atoms with Crippen LogP contribution in [-0.4, -0.2) is 30.6 Å². The van der Waals surface area contributed by atoms with Gasteiger partial charge in [0.05, 0.1) is 28.5 Å². The van der Waals surface area contributed by atoms with Crippen LogP contribution < -0.4 is 5.32 Å². The number of amides is 1. The van der Waals surface area contributed by atoms with Crippen molar-refractivity contribution in [1.82, 2.24) is 24.7 Å². The molecule has 29 heavy (non-hydrogen) atoms. The predicted molar refractivity (Wildman–Crippen MR) is 115 cm³/mol. The Labute approximate surface area is 169 Å². The van der Waals surface area contributed by atoms with E-state index in [0.29, 0.717) is 11.3 Å². The Morgan fingerprint density at radius 1 is 1.24 bits per heavy atom. The molecule has 0 spiro atoms. The van der Waals surface area contributed by atoms with E-state index in [0.717, 1.165) is 52.8 Å². The number of anilines is 1. The molecule has 150 valence electrons. The van der Waals surface area contributed by atoms with Gasteiger partial charge >= 0.3 is 0 Å². The highest BCUT2D eigenvalue weighted by atomic mass is 16.1. The molecule has 0 bridgehead atoms. The fraction of sp³-hybridized carbons (Fsp3) is 0.364. The zero-order chi connectivity index (χ0) is 20.5. The number of unbranched alkanes of at least 4 members (excludes halogenated alkanes) is 1. The number of fused-ring (bicyclic) bond motifs is 2. The molecule has 3 aromatic heterocycles. The van der Waals surface area contributed by atoms with Gasteiger partial charge in [-0.1, -0.05) is 13.3 Å². The van der Waals surface area contributed by atoms with Gasteiger partial charge in [-0.15, -0.1) is 0 Å². The number of imidazole rings is 1. The van der Waals surface area contributed by atoms with Gasteiger partial charge in [0.2, 0.25) is 0 Å². The Morgan fingerprint density at radius 3 is 2.83 bits per heavy atom. The lowest BCUT2D eigenvalue weighted by molar-refractivity contribution is 0.102. The summed E-state index contributed by atoms with van der Waals surface area (Å²) in [5.41, 5.74) is 4.60. The lowest BCUT2D eigenvalue weighted by atomic mass is 10.1. The second kappa shape index (κ2) is 7.66. The minimum Gasteiger partial charge on any atom is -0.342 e. The number of pyridine rings is 1. The fourth-order valence-electron chi connectivity index (χ4n) is 3.47. The predicted octanol–water partition coefficient (Wildman–Crippen LogP) is 4.79. The topological polar surface area (TPSA) is 88.5 Å². The maximum Gasteiger partial charge on any atom is 0.257 e. The Bertz CT molecular complexity index is 1190. The van der Waals surface area contributed by atoms with Crippen molar-refractivity contribution in [1.29, 1.82) is 0 Å². The highest BCUT2D eigenvalue weighted by molar-refractivity contribution is 6.07. The van der Waals surface area contributed by atoms with E-state index in [1.54, 1.807) is 6.20 Å². The minimum atomic E-state index is -0.181. The van der Waals surface area contributed by atoms with E-state index in [-0.39, 0.29) is 11.9 Å². The Kier molecular flexibility index (Phi) is 5.05. The average Bonchev–Trinajstić information content (AvgIpc) is 3.28. The first-order chi connectivity index (χ1) is 14.0. The van der Waals surface area contributed by atoms with E-state index in [1.165, 1.54) is 0 Å². The van der Waals surface area contributed by atoms with Gasteiger partial charge in [-0.25, -0.2) is 14.6 Å². The summed E-state index contributed by atoms with van der Waals surface area (Å²) >= 11 is 0. The zero-order valence-electron chi connectivity index (χ0n) is 17.3. The number of hydrogen-bond donors (Lipinski definition) is 2. The summed E-state index contributed by atoms with van der Waals surface area (Å²) in [6.07, 6.45) is 4.92. The van der Waals surface area contributed by atoms with Crippen molar-refractivity contribution in [3.63, 3.8) is 0 Å². The van der Waals surface area contributed by atoms with Crippen LogP contribution in [0.5, 0.6) is 0 Å². The summed E-state index contributed by atoms with van der Waals surface area (Å²) < 4.78 is 1.87. The van der Waals surface area contributed by atoms with E-state index in [1.807, 2.05) is 35.9 Å². The van der Waals surface area contributed by atoms with Crippen molar-refractivity contribution < 1.29 is 4.79 Å². The molecule has 0 unspecified atom stereocenters. The summed E-state index contributed by atoms with van der Waals surface area (Å²) in [6, 6.07) is 7.80. The van der Waals surface area contributed by atoms with Crippen LogP contribution in [-0.2, 0) is 6.42 Å². The molecule has 7 nitrogen and oxygen atoms in total. The van der Waals surface area contributed by atoms with Crippen LogP contribution in [0.15, 0.2) is 30.5 Å². The third-order valence-electron chi connectivity index (χ3n) is 5.05. The minimum absolute atomic E-state index is 0.181. The molecule has 4 aromatic rings. The van der Waals surface area contributed by atoms with Crippen molar-refractivity contribution in [3.05, 3.63) is 47.5 Å². The Hall–Kier alpha value is -3.22. The van der Waals surface area contributed by atoms with Crippen molar-refractivity contribution in [2.75, 3.05) is 5.32 Å². The Morgan fingerprint density at radius 2 is 2.07 bits per heavy atom. The molecule has 1 aromatic carbocycles. The van der Waals surface area contributed by atoms with Gasteiger partial charge < -0.3 is 10.3 Å². The van der Waals surface area contributed by atoms with Gasteiger partial charge in [-0.3, -0.25) is 4.79 Å². The van der Waals surface area contributed by atoms with E-state index < -0.39 is 0 Å². The van der Waals surface area contributed by atoms with Gasteiger partial charge in [0.1, 0.15) is 5.82 Å². The molecule has 0 radical (unpaired) electrons. The third-order valence-corrected chi connectivity index (χ3v) is 5.05.